The fourth-order valence-corrected chi connectivity index (χ4v) is 1.07. The van der Waals surface area contributed by atoms with E-state index in [0.29, 0.717) is 19.6 Å². The van der Waals surface area contributed by atoms with Crippen LogP contribution in [0.4, 0.5) is 0 Å². The molecular weight excluding hydrogens is 156 g/mol. The molecule has 0 aromatic heterocycles. The number of hydrogen-bond acceptors (Lipinski definition) is 3. The molecule has 3 nitrogen and oxygen atoms in total. The monoisotopic (exact) mass is 174 g/mol. The molecule has 0 radical (unpaired) electrons. The number of Topliss-reactive ketones (excluding diaryl/α,β-unsaturated/α-hetero) is 1. The molecule has 0 aromatic rings. The summed E-state index contributed by atoms with van der Waals surface area (Å²) in [6.07, 6.45) is 0.441. The Morgan fingerprint density at radius 2 is 1.58 bits per heavy atom. The van der Waals surface area contributed by atoms with Gasteiger partial charge in [0, 0.05) is 19.6 Å². The van der Waals surface area contributed by atoms with E-state index in [1.54, 1.807) is 13.8 Å². The Morgan fingerprint density at radius 3 is 1.83 bits per heavy atom. The van der Waals surface area contributed by atoms with Crippen molar-refractivity contribution in [3.63, 3.8) is 0 Å². The molecule has 0 heterocycles. The molecule has 0 aliphatic carbocycles. The molecule has 12 heavy (non-hydrogen) atoms. The largest absolute Gasteiger partial charge is 0.344 e. The lowest BCUT2D eigenvalue weighted by Crippen LogP contribution is -2.41. The smallest absolute Gasteiger partial charge is 0.225 e. The van der Waals surface area contributed by atoms with Crippen LogP contribution >= 0.6 is 0 Å². The summed E-state index contributed by atoms with van der Waals surface area (Å²) in [6, 6.07) is 0. The molecule has 0 saturated carbocycles. The molecule has 0 spiro atoms. The molecule has 0 unspecified atom stereocenters. The molecule has 0 amide bonds. The van der Waals surface area contributed by atoms with Gasteiger partial charge in [0.1, 0.15) is 0 Å². The highest BCUT2D eigenvalue weighted by atomic mass is 16.7. The van der Waals surface area contributed by atoms with E-state index in [-0.39, 0.29) is 5.78 Å². The van der Waals surface area contributed by atoms with Crippen LogP contribution in [0.2, 0.25) is 0 Å². The zero-order chi connectivity index (χ0) is 9.61. The Hall–Kier alpha value is -0.410. The van der Waals surface area contributed by atoms with E-state index in [4.69, 9.17) is 9.47 Å². The van der Waals surface area contributed by atoms with E-state index < -0.39 is 5.79 Å². The molecule has 0 aromatic carbocycles. The van der Waals surface area contributed by atoms with Gasteiger partial charge < -0.3 is 9.47 Å². The molecule has 0 atom stereocenters. The highest BCUT2D eigenvalue weighted by molar-refractivity contribution is 5.85. The van der Waals surface area contributed by atoms with Crippen molar-refractivity contribution in [3.8, 4) is 0 Å². The molecule has 0 aliphatic rings. The van der Waals surface area contributed by atoms with Crippen molar-refractivity contribution in [1.82, 2.24) is 0 Å². The van der Waals surface area contributed by atoms with Gasteiger partial charge in [-0.25, -0.2) is 0 Å². The van der Waals surface area contributed by atoms with Gasteiger partial charge in [-0.3, -0.25) is 4.79 Å². The average molecular weight is 174 g/mol. The Morgan fingerprint density at radius 1 is 1.17 bits per heavy atom. The number of hydrogen-bond donors (Lipinski definition) is 0. The molecule has 0 fully saturated rings. The SMILES string of the molecule is CCOC(C)(OCC)C(=O)CC. The zero-order valence-electron chi connectivity index (χ0n) is 8.35. The molecule has 0 aliphatic heterocycles. The van der Waals surface area contributed by atoms with E-state index in [1.165, 1.54) is 0 Å². The molecule has 0 rings (SSSR count). The van der Waals surface area contributed by atoms with Gasteiger partial charge in [-0.15, -0.1) is 0 Å². The number of carbonyl (C=O) groups excluding carboxylic acids is 1. The summed E-state index contributed by atoms with van der Waals surface area (Å²) < 4.78 is 10.5. The first-order valence-corrected chi connectivity index (χ1v) is 4.41. The first-order chi connectivity index (χ1) is 5.60. The van der Waals surface area contributed by atoms with Crippen LogP contribution in [0, 0.1) is 0 Å². The van der Waals surface area contributed by atoms with Gasteiger partial charge in [0.2, 0.25) is 5.79 Å². The van der Waals surface area contributed by atoms with Crippen LogP contribution in [0.5, 0.6) is 0 Å². The van der Waals surface area contributed by atoms with Gasteiger partial charge in [0.25, 0.3) is 0 Å². The van der Waals surface area contributed by atoms with Gasteiger partial charge >= 0.3 is 0 Å². The molecular formula is C9H18O3. The summed E-state index contributed by atoms with van der Waals surface area (Å²) in [6.45, 7) is 8.15. The van der Waals surface area contributed by atoms with Gasteiger partial charge in [-0.05, 0) is 20.8 Å². The highest BCUT2D eigenvalue weighted by Gasteiger charge is 2.32. The van der Waals surface area contributed by atoms with Gasteiger partial charge in [0.15, 0.2) is 5.78 Å². The van der Waals surface area contributed by atoms with Gasteiger partial charge in [-0.2, -0.15) is 0 Å². The minimum absolute atomic E-state index is 0.00815. The fourth-order valence-electron chi connectivity index (χ4n) is 1.07. The predicted octanol–water partition coefficient (Wildman–Crippen LogP) is 1.75. The lowest BCUT2D eigenvalue weighted by atomic mass is 10.1. The van der Waals surface area contributed by atoms with Crippen molar-refractivity contribution in [2.24, 2.45) is 0 Å². The second kappa shape index (κ2) is 5.27. The van der Waals surface area contributed by atoms with Crippen LogP contribution in [-0.2, 0) is 14.3 Å². The Labute approximate surface area is 74.0 Å². The van der Waals surface area contributed by atoms with E-state index in [1.807, 2.05) is 13.8 Å². The van der Waals surface area contributed by atoms with Crippen LogP contribution in [0.25, 0.3) is 0 Å². The summed E-state index contributed by atoms with van der Waals surface area (Å²) in [4.78, 5) is 11.4. The van der Waals surface area contributed by atoms with Crippen molar-refractivity contribution < 1.29 is 14.3 Å². The number of ketones is 1. The van der Waals surface area contributed by atoms with Crippen LogP contribution in [0.15, 0.2) is 0 Å². The number of carbonyl (C=O) groups is 1. The number of rotatable bonds is 6. The van der Waals surface area contributed by atoms with Crippen LogP contribution in [0.3, 0.4) is 0 Å². The fraction of sp³-hybridized carbons (Fsp3) is 0.889. The summed E-state index contributed by atoms with van der Waals surface area (Å²) in [7, 11) is 0. The maximum Gasteiger partial charge on any atom is 0.225 e. The van der Waals surface area contributed by atoms with Crippen molar-refractivity contribution in [1.29, 1.82) is 0 Å². The lowest BCUT2D eigenvalue weighted by molar-refractivity contribution is -0.216. The van der Waals surface area contributed by atoms with E-state index in [0.717, 1.165) is 0 Å². The predicted molar refractivity (Wildman–Crippen MR) is 47.0 cm³/mol. The lowest BCUT2D eigenvalue weighted by Gasteiger charge is -2.26. The highest BCUT2D eigenvalue weighted by Crippen LogP contribution is 2.15. The zero-order valence-corrected chi connectivity index (χ0v) is 8.35. The maximum absolute atomic E-state index is 11.4. The third-order valence-corrected chi connectivity index (χ3v) is 1.67. The molecule has 72 valence electrons. The topological polar surface area (TPSA) is 35.5 Å². The second-order valence-electron chi connectivity index (χ2n) is 2.59. The standard InChI is InChI=1S/C9H18O3/c1-5-8(10)9(4,11-6-2)12-7-3/h5-7H2,1-4H3. The summed E-state index contributed by atoms with van der Waals surface area (Å²) in [5, 5.41) is 0. The van der Waals surface area contributed by atoms with E-state index >= 15 is 0 Å². The first kappa shape index (κ1) is 11.6. The number of ether oxygens (including phenoxy) is 2. The Bertz CT molecular complexity index is 137. The minimum atomic E-state index is -1.03. The maximum atomic E-state index is 11.4. The van der Waals surface area contributed by atoms with Crippen LogP contribution in [0.1, 0.15) is 34.1 Å². The van der Waals surface area contributed by atoms with Crippen molar-refractivity contribution in [3.05, 3.63) is 0 Å². The third-order valence-electron chi connectivity index (χ3n) is 1.67. The van der Waals surface area contributed by atoms with Gasteiger partial charge in [-0.1, -0.05) is 6.92 Å². The summed E-state index contributed by atoms with van der Waals surface area (Å²) >= 11 is 0. The summed E-state index contributed by atoms with van der Waals surface area (Å²) in [5.41, 5.74) is 0. The second-order valence-corrected chi connectivity index (χ2v) is 2.59. The molecule has 3 heteroatoms. The van der Waals surface area contributed by atoms with E-state index in [2.05, 4.69) is 0 Å². The Kier molecular flexibility index (Phi) is 5.09. The summed E-state index contributed by atoms with van der Waals surface area (Å²) in [5.74, 6) is -1.04. The quantitative estimate of drug-likeness (QED) is 0.575. The third kappa shape index (κ3) is 2.91. The first-order valence-electron chi connectivity index (χ1n) is 4.41. The minimum Gasteiger partial charge on any atom is -0.344 e. The van der Waals surface area contributed by atoms with Crippen LogP contribution in [-0.4, -0.2) is 24.8 Å². The van der Waals surface area contributed by atoms with Gasteiger partial charge in [0.05, 0.1) is 0 Å². The van der Waals surface area contributed by atoms with Crippen molar-refractivity contribution in [2.45, 2.75) is 39.9 Å². The Balaban J connectivity index is 4.26. The molecule has 0 bridgehead atoms. The van der Waals surface area contributed by atoms with Crippen molar-refractivity contribution >= 4 is 5.78 Å². The average Bonchev–Trinajstić information content (AvgIpc) is 2.04. The van der Waals surface area contributed by atoms with E-state index in [9.17, 15) is 4.79 Å². The molecule has 0 N–H and O–H groups in total. The normalized spacial score (nSPS) is 11.7. The molecule has 0 saturated heterocycles. The van der Waals surface area contributed by atoms with Crippen molar-refractivity contribution in [2.75, 3.05) is 13.2 Å². The van der Waals surface area contributed by atoms with Crippen LogP contribution < -0.4 is 0 Å².